The molecule has 1 amide bonds. The zero-order valence-corrected chi connectivity index (χ0v) is 14.0. The molecule has 0 aliphatic rings. The molecule has 0 aliphatic heterocycles. The molecule has 0 radical (unpaired) electrons. The number of pyridine rings is 1. The number of aromatic nitrogens is 2. The summed E-state index contributed by atoms with van der Waals surface area (Å²) in [6.07, 6.45) is 3.39. The van der Waals surface area contributed by atoms with Crippen LogP contribution in [0, 0.1) is 6.92 Å². The maximum atomic E-state index is 13.0. The highest BCUT2D eigenvalue weighted by Gasteiger charge is 2.21. The maximum absolute atomic E-state index is 13.0. The summed E-state index contributed by atoms with van der Waals surface area (Å²) >= 11 is 0. The molecular formula is C18H20N4O2. The number of benzene rings is 1. The van der Waals surface area contributed by atoms with Crippen molar-refractivity contribution in [2.45, 2.75) is 13.5 Å². The molecule has 1 aromatic carbocycles. The largest absolute Gasteiger partial charge is 0.495 e. The van der Waals surface area contributed by atoms with E-state index in [-0.39, 0.29) is 5.91 Å². The molecule has 0 unspecified atom stereocenters. The summed E-state index contributed by atoms with van der Waals surface area (Å²) in [4.78, 5) is 14.6. The van der Waals surface area contributed by atoms with Gasteiger partial charge in [0.25, 0.3) is 5.91 Å². The zero-order valence-electron chi connectivity index (χ0n) is 14.0. The first-order valence-corrected chi connectivity index (χ1v) is 7.64. The van der Waals surface area contributed by atoms with Gasteiger partial charge < -0.3 is 15.4 Å². The van der Waals surface area contributed by atoms with Crippen LogP contribution in [-0.4, -0.2) is 29.7 Å². The van der Waals surface area contributed by atoms with Gasteiger partial charge in [-0.25, -0.2) is 4.52 Å². The van der Waals surface area contributed by atoms with Crippen molar-refractivity contribution in [1.82, 2.24) is 9.61 Å². The van der Waals surface area contributed by atoms with E-state index in [9.17, 15) is 4.79 Å². The Bertz CT molecular complexity index is 901. The van der Waals surface area contributed by atoms with Crippen LogP contribution >= 0.6 is 0 Å². The molecule has 0 saturated carbocycles. The average Bonchev–Trinajstić information content (AvgIpc) is 3.03. The molecule has 24 heavy (non-hydrogen) atoms. The van der Waals surface area contributed by atoms with Crippen LogP contribution < -0.4 is 15.4 Å². The number of carbonyl (C=O) groups is 1. The molecule has 0 saturated heterocycles. The predicted octanol–water partition coefficient (Wildman–Crippen LogP) is 2.39. The van der Waals surface area contributed by atoms with E-state index in [4.69, 9.17) is 10.5 Å². The van der Waals surface area contributed by atoms with Crippen LogP contribution in [0.4, 0.5) is 5.69 Å². The van der Waals surface area contributed by atoms with Crippen LogP contribution in [0.5, 0.6) is 5.75 Å². The number of fused-ring (bicyclic) bond motifs is 1. The Labute approximate surface area is 140 Å². The van der Waals surface area contributed by atoms with Crippen molar-refractivity contribution in [1.29, 1.82) is 0 Å². The highest BCUT2D eigenvalue weighted by Crippen LogP contribution is 2.30. The van der Waals surface area contributed by atoms with Crippen LogP contribution in [0.15, 0.2) is 42.7 Å². The Balaban J connectivity index is 2.04. The number of rotatable bonds is 4. The average molecular weight is 324 g/mol. The van der Waals surface area contributed by atoms with E-state index in [1.54, 1.807) is 29.8 Å². The van der Waals surface area contributed by atoms with Crippen LogP contribution in [0.1, 0.15) is 21.5 Å². The minimum Gasteiger partial charge on any atom is -0.495 e. The Kier molecular flexibility index (Phi) is 4.22. The third kappa shape index (κ3) is 2.72. The van der Waals surface area contributed by atoms with Gasteiger partial charge in [-0.2, -0.15) is 5.10 Å². The molecule has 124 valence electrons. The fourth-order valence-electron chi connectivity index (χ4n) is 2.67. The van der Waals surface area contributed by atoms with Crippen molar-refractivity contribution in [2.24, 2.45) is 5.73 Å². The fraction of sp³-hybridized carbons (Fsp3) is 0.222. The normalized spacial score (nSPS) is 10.8. The molecule has 6 heteroatoms. The number of nitrogens with two attached hydrogens (primary N) is 1. The lowest BCUT2D eigenvalue weighted by molar-refractivity contribution is 0.0994. The maximum Gasteiger partial charge on any atom is 0.261 e. The minimum atomic E-state index is -0.150. The quantitative estimate of drug-likeness (QED) is 0.800. The first kappa shape index (κ1) is 16.0. The number of amides is 1. The number of ether oxygens (including phenoxy) is 1. The van der Waals surface area contributed by atoms with Gasteiger partial charge in [-0.05, 0) is 42.3 Å². The molecule has 0 bridgehead atoms. The van der Waals surface area contributed by atoms with Gasteiger partial charge in [0.15, 0.2) is 0 Å². The van der Waals surface area contributed by atoms with Gasteiger partial charge in [0.2, 0.25) is 0 Å². The lowest BCUT2D eigenvalue weighted by Gasteiger charge is -2.20. The number of anilines is 1. The van der Waals surface area contributed by atoms with E-state index in [1.165, 1.54) is 0 Å². The molecule has 2 aromatic heterocycles. The zero-order chi connectivity index (χ0) is 17.3. The lowest BCUT2D eigenvalue weighted by atomic mass is 10.1. The smallest absolute Gasteiger partial charge is 0.261 e. The van der Waals surface area contributed by atoms with E-state index >= 15 is 0 Å². The second-order valence-electron chi connectivity index (χ2n) is 5.67. The van der Waals surface area contributed by atoms with Crippen molar-refractivity contribution in [2.75, 3.05) is 19.1 Å². The third-order valence-electron chi connectivity index (χ3n) is 4.05. The van der Waals surface area contributed by atoms with Crippen molar-refractivity contribution >= 4 is 17.1 Å². The van der Waals surface area contributed by atoms with Crippen molar-refractivity contribution in [3.63, 3.8) is 0 Å². The monoisotopic (exact) mass is 324 g/mol. The van der Waals surface area contributed by atoms with Crippen LogP contribution in [0.3, 0.4) is 0 Å². The summed E-state index contributed by atoms with van der Waals surface area (Å²) in [6, 6.07) is 9.51. The first-order chi connectivity index (χ1) is 11.5. The molecule has 6 nitrogen and oxygen atoms in total. The fourth-order valence-corrected chi connectivity index (χ4v) is 2.67. The summed E-state index contributed by atoms with van der Waals surface area (Å²) in [7, 11) is 3.32. The molecule has 0 atom stereocenters. The highest BCUT2D eigenvalue weighted by molar-refractivity contribution is 6.10. The van der Waals surface area contributed by atoms with Gasteiger partial charge in [0.05, 0.1) is 30.1 Å². The number of nitrogens with zero attached hydrogens (tertiary/aromatic N) is 3. The molecule has 0 spiro atoms. The van der Waals surface area contributed by atoms with Crippen LogP contribution in [0.25, 0.3) is 5.52 Å². The second-order valence-corrected chi connectivity index (χ2v) is 5.67. The lowest BCUT2D eigenvalue weighted by Crippen LogP contribution is -2.26. The summed E-state index contributed by atoms with van der Waals surface area (Å²) in [5, 5.41) is 4.25. The molecule has 0 fully saturated rings. The van der Waals surface area contributed by atoms with Gasteiger partial charge in [-0.15, -0.1) is 0 Å². The van der Waals surface area contributed by atoms with Gasteiger partial charge in [0, 0.05) is 19.8 Å². The van der Waals surface area contributed by atoms with E-state index < -0.39 is 0 Å². The third-order valence-corrected chi connectivity index (χ3v) is 4.05. The number of hydrogen-bond acceptors (Lipinski definition) is 4. The number of aryl methyl sites for hydroxylation is 1. The predicted molar refractivity (Wildman–Crippen MR) is 93.5 cm³/mol. The molecule has 0 aliphatic carbocycles. The van der Waals surface area contributed by atoms with E-state index in [2.05, 4.69) is 5.10 Å². The molecule has 3 aromatic rings. The minimum absolute atomic E-state index is 0.150. The highest BCUT2D eigenvalue weighted by atomic mass is 16.5. The van der Waals surface area contributed by atoms with Gasteiger partial charge in [-0.1, -0.05) is 6.07 Å². The summed E-state index contributed by atoms with van der Waals surface area (Å²) < 4.78 is 7.06. The molecule has 3 rings (SSSR count). The molecular weight excluding hydrogens is 304 g/mol. The van der Waals surface area contributed by atoms with Gasteiger partial charge >= 0.3 is 0 Å². The Morgan fingerprint density at radius 3 is 2.83 bits per heavy atom. The van der Waals surface area contributed by atoms with Gasteiger partial charge in [-0.3, -0.25) is 4.79 Å². The molecule has 2 N–H and O–H groups in total. The van der Waals surface area contributed by atoms with E-state index in [0.717, 1.165) is 22.3 Å². The van der Waals surface area contributed by atoms with Gasteiger partial charge in [0.1, 0.15) is 5.75 Å². The number of hydrogen-bond donors (Lipinski definition) is 1. The first-order valence-electron chi connectivity index (χ1n) is 7.64. The number of carbonyl (C=O) groups excluding carboxylic acids is 1. The Morgan fingerprint density at radius 2 is 2.12 bits per heavy atom. The van der Waals surface area contributed by atoms with Crippen molar-refractivity contribution in [3.8, 4) is 5.75 Å². The summed E-state index contributed by atoms with van der Waals surface area (Å²) in [6.45, 7) is 2.39. The van der Waals surface area contributed by atoms with E-state index in [1.807, 2.05) is 43.5 Å². The summed E-state index contributed by atoms with van der Waals surface area (Å²) in [5.74, 6) is 0.499. The van der Waals surface area contributed by atoms with Crippen molar-refractivity contribution in [3.05, 3.63) is 59.4 Å². The standard InChI is InChI=1S/C18H20N4O2/c1-12-4-5-17(24-3)16(8-12)21(2)18(23)14-11-20-22-7-6-13(10-19)9-15(14)22/h4-9,11H,10,19H2,1-3H3. The van der Waals surface area contributed by atoms with Crippen LogP contribution in [0.2, 0.25) is 0 Å². The Morgan fingerprint density at radius 1 is 1.33 bits per heavy atom. The van der Waals surface area contributed by atoms with Crippen LogP contribution in [-0.2, 0) is 6.54 Å². The number of methoxy groups -OCH3 is 1. The SMILES string of the molecule is COc1ccc(C)cc1N(C)C(=O)c1cnn2ccc(CN)cc12. The van der Waals surface area contributed by atoms with E-state index in [0.29, 0.717) is 17.9 Å². The topological polar surface area (TPSA) is 72.9 Å². The van der Waals surface area contributed by atoms with Crippen molar-refractivity contribution < 1.29 is 9.53 Å². The summed E-state index contributed by atoms with van der Waals surface area (Å²) in [5.41, 5.74) is 9.68. The second kappa shape index (κ2) is 6.33. The Hall–Kier alpha value is -2.86. The molecule has 2 heterocycles.